The molecule has 1 N–H and O–H groups in total. The number of hydrogen-bond donors (Lipinski definition) is 1. The van der Waals surface area contributed by atoms with Crippen LogP contribution in [0.5, 0.6) is 23.0 Å². The molecule has 1 amide bonds. The summed E-state index contributed by atoms with van der Waals surface area (Å²) < 4.78 is 49.8. The van der Waals surface area contributed by atoms with Gasteiger partial charge in [0, 0.05) is 45.2 Å². The van der Waals surface area contributed by atoms with E-state index < -0.39 is 10.0 Å². The summed E-state index contributed by atoms with van der Waals surface area (Å²) in [7, 11) is -3.86. The molecular weight excluding hydrogens is 462 g/mol. The standard InChI is InChI=1S/C23H27N3O7S/c27-23(14-24-34(28,29)18-3-5-19-22(13-18)31-11-1-10-30-19)26-8-6-25(7-9-26)15-17-2-4-20-21(12-17)33-16-32-20/h2-5,12-13,24H,1,6-11,14-16H2. The van der Waals surface area contributed by atoms with Crippen LogP contribution < -0.4 is 23.7 Å². The minimum absolute atomic E-state index is 0.0399. The number of ether oxygens (including phenoxy) is 4. The second kappa shape index (κ2) is 9.69. The number of carbonyl (C=O) groups excluding carboxylic acids is 1. The number of nitrogens with zero attached hydrogens (tertiary/aromatic N) is 2. The molecule has 11 heteroatoms. The Morgan fingerprint density at radius 2 is 1.53 bits per heavy atom. The molecule has 1 fully saturated rings. The number of hydrogen-bond acceptors (Lipinski definition) is 8. The molecule has 0 spiro atoms. The summed E-state index contributed by atoms with van der Waals surface area (Å²) in [4.78, 5) is 16.6. The van der Waals surface area contributed by atoms with Crippen molar-refractivity contribution in [2.75, 3.05) is 52.7 Å². The van der Waals surface area contributed by atoms with Gasteiger partial charge in [0.25, 0.3) is 0 Å². The van der Waals surface area contributed by atoms with E-state index in [0.29, 0.717) is 50.9 Å². The SMILES string of the molecule is O=C(CNS(=O)(=O)c1ccc2c(c1)OCCCO2)N1CCN(Cc2ccc3c(c2)OCO3)CC1. The second-order valence-corrected chi connectivity index (χ2v) is 10.1. The van der Waals surface area contributed by atoms with Crippen molar-refractivity contribution in [2.24, 2.45) is 0 Å². The van der Waals surface area contributed by atoms with Crippen molar-refractivity contribution < 1.29 is 32.2 Å². The van der Waals surface area contributed by atoms with Crippen LogP contribution in [0.25, 0.3) is 0 Å². The molecule has 0 unspecified atom stereocenters. The molecule has 0 saturated carbocycles. The van der Waals surface area contributed by atoms with E-state index in [9.17, 15) is 13.2 Å². The molecule has 34 heavy (non-hydrogen) atoms. The Bertz CT molecular complexity index is 1160. The predicted octanol–water partition coefficient (Wildman–Crippen LogP) is 1.20. The van der Waals surface area contributed by atoms with Crippen LogP contribution in [-0.4, -0.2) is 76.9 Å². The molecule has 0 atom stereocenters. The van der Waals surface area contributed by atoms with E-state index in [1.807, 2.05) is 18.2 Å². The van der Waals surface area contributed by atoms with E-state index in [4.69, 9.17) is 18.9 Å². The quantitative estimate of drug-likeness (QED) is 0.645. The lowest BCUT2D eigenvalue weighted by molar-refractivity contribution is -0.131. The number of rotatable bonds is 6. The number of fused-ring (bicyclic) bond motifs is 2. The maximum absolute atomic E-state index is 12.7. The Hall–Kier alpha value is -3.02. The molecule has 2 aromatic rings. The fourth-order valence-electron chi connectivity index (χ4n) is 4.12. The minimum atomic E-state index is -3.86. The summed E-state index contributed by atoms with van der Waals surface area (Å²) in [6, 6.07) is 10.4. The van der Waals surface area contributed by atoms with Gasteiger partial charge in [0.1, 0.15) is 0 Å². The van der Waals surface area contributed by atoms with Crippen LogP contribution in [0.1, 0.15) is 12.0 Å². The molecule has 0 aliphatic carbocycles. The topological polar surface area (TPSA) is 107 Å². The molecule has 0 bridgehead atoms. The Kier molecular flexibility index (Phi) is 6.48. The van der Waals surface area contributed by atoms with Gasteiger partial charge in [-0.05, 0) is 29.8 Å². The summed E-state index contributed by atoms with van der Waals surface area (Å²) in [6.07, 6.45) is 0.730. The van der Waals surface area contributed by atoms with Crippen LogP contribution >= 0.6 is 0 Å². The number of nitrogens with one attached hydrogen (secondary N) is 1. The summed E-state index contributed by atoms with van der Waals surface area (Å²) in [6.45, 7) is 4.17. The van der Waals surface area contributed by atoms with Crippen molar-refractivity contribution in [3.63, 3.8) is 0 Å². The van der Waals surface area contributed by atoms with Gasteiger partial charge in [0.15, 0.2) is 23.0 Å². The van der Waals surface area contributed by atoms with Gasteiger partial charge in [0.2, 0.25) is 22.7 Å². The highest BCUT2D eigenvalue weighted by Gasteiger charge is 2.24. The fraction of sp³-hybridized carbons (Fsp3) is 0.435. The van der Waals surface area contributed by atoms with Gasteiger partial charge in [-0.15, -0.1) is 0 Å². The third kappa shape index (κ3) is 5.06. The number of carbonyl (C=O) groups is 1. The summed E-state index contributed by atoms with van der Waals surface area (Å²) in [5.41, 5.74) is 1.12. The van der Waals surface area contributed by atoms with Crippen LogP contribution in [0, 0.1) is 0 Å². The normalized spacial score (nSPS) is 17.9. The maximum Gasteiger partial charge on any atom is 0.241 e. The van der Waals surface area contributed by atoms with Crippen molar-refractivity contribution in [3.05, 3.63) is 42.0 Å². The summed E-state index contributed by atoms with van der Waals surface area (Å²) in [5.74, 6) is 2.18. The van der Waals surface area contributed by atoms with Crippen LogP contribution in [0.2, 0.25) is 0 Å². The number of sulfonamides is 1. The van der Waals surface area contributed by atoms with Crippen molar-refractivity contribution in [1.82, 2.24) is 14.5 Å². The first-order valence-corrected chi connectivity index (χ1v) is 12.7. The number of benzene rings is 2. The molecule has 0 aromatic heterocycles. The van der Waals surface area contributed by atoms with Gasteiger partial charge in [0.05, 0.1) is 24.7 Å². The van der Waals surface area contributed by atoms with Crippen molar-refractivity contribution >= 4 is 15.9 Å². The van der Waals surface area contributed by atoms with E-state index in [0.717, 1.165) is 30.0 Å². The Labute approximate surface area is 198 Å². The van der Waals surface area contributed by atoms with Crippen LogP contribution in [0.15, 0.2) is 41.3 Å². The minimum Gasteiger partial charge on any atom is -0.490 e. The molecule has 5 rings (SSSR count). The molecule has 1 saturated heterocycles. The van der Waals surface area contributed by atoms with Gasteiger partial charge in [-0.1, -0.05) is 6.07 Å². The maximum atomic E-state index is 12.7. The van der Waals surface area contributed by atoms with E-state index in [1.54, 1.807) is 11.0 Å². The Morgan fingerprint density at radius 1 is 0.853 bits per heavy atom. The lowest BCUT2D eigenvalue weighted by Crippen LogP contribution is -2.50. The molecule has 3 aliphatic rings. The van der Waals surface area contributed by atoms with Gasteiger partial charge < -0.3 is 23.8 Å². The molecule has 2 aromatic carbocycles. The fourth-order valence-corrected chi connectivity index (χ4v) is 5.11. The van der Waals surface area contributed by atoms with E-state index in [2.05, 4.69) is 9.62 Å². The summed E-state index contributed by atoms with van der Waals surface area (Å²) in [5, 5.41) is 0. The van der Waals surface area contributed by atoms with Crippen molar-refractivity contribution in [2.45, 2.75) is 17.9 Å². The lowest BCUT2D eigenvalue weighted by Gasteiger charge is -2.34. The van der Waals surface area contributed by atoms with Gasteiger partial charge >= 0.3 is 0 Å². The summed E-state index contributed by atoms with van der Waals surface area (Å²) >= 11 is 0. The zero-order valence-corrected chi connectivity index (χ0v) is 19.5. The Balaban J connectivity index is 1.12. The van der Waals surface area contributed by atoms with Crippen LogP contribution in [0.3, 0.4) is 0 Å². The second-order valence-electron chi connectivity index (χ2n) is 8.33. The average Bonchev–Trinajstić information content (AvgIpc) is 3.18. The molecule has 0 radical (unpaired) electrons. The van der Waals surface area contributed by atoms with Gasteiger partial charge in [-0.25, -0.2) is 13.1 Å². The first kappa shape index (κ1) is 22.8. The monoisotopic (exact) mass is 489 g/mol. The number of piperazine rings is 1. The predicted molar refractivity (Wildman–Crippen MR) is 122 cm³/mol. The zero-order valence-electron chi connectivity index (χ0n) is 18.7. The van der Waals surface area contributed by atoms with Gasteiger partial charge in [-0.2, -0.15) is 0 Å². The molecule has 3 heterocycles. The zero-order chi connectivity index (χ0) is 23.5. The first-order chi connectivity index (χ1) is 16.5. The highest BCUT2D eigenvalue weighted by atomic mass is 32.2. The van der Waals surface area contributed by atoms with Gasteiger partial charge in [-0.3, -0.25) is 9.69 Å². The van der Waals surface area contributed by atoms with E-state index in [-0.39, 0.29) is 24.1 Å². The lowest BCUT2D eigenvalue weighted by atomic mass is 10.1. The third-order valence-electron chi connectivity index (χ3n) is 6.01. The van der Waals surface area contributed by atoms with E-state index in [1.165, 1.54) is 12.1 Å². The van der Waals surface area contributed by atoms with Crippen molar-refractivity contribution in [1.29, 1.82) is 0 Å². The third-order valence-corrected chi connectivity index (χ3v) is 7.41. The van der Waals surface area contributed by atoms with Crippen LogP contribution in [0.4, 0.5) is 0 Å². The Morgan fingerprint density at radius 3 is 2.35 bits per heavy atom. The highest BCUT2D eigenvalue weighted by molar-refractivity contribution is 7.89. The molecule has 10 nitrogen and oxygen atoms in total. The van der Waals surface area contributed by atoms with Crippen molar-refractivity contribution in [3.8, 4) is 23.0 Å². The molecule has 182 valence electrons. The largest absolute Gasteiger partial charge is 0.490 e. The first-order valence-electron chi connectivity index (χ1n) is 11.3. The van der Waals surface area contributed by atoms with Crippen LogP contribution in [-0.2, 0) is 21.4 Å². The number of amides is 1. The molecule has 3 aliphatic heterocycles. The van der Waals surface area contributed by atoms with E-state index >= 15 is 0 Å². The molecular formula is C23H27N3O7S. The average molecular weight is 490 g/mol. The highest BCUT2D eigenvalue weighted by Crippen LogP contribution is 2.33. The smallest absolute Gasteiger partial charge is 0.241 e.